The number of nitrogens with two attached hydrogens (primary N) is 1. The normalized spacial score (nSPS) is 27.6. The predicted octanol–water partition coefficient (Wildman–Crippen LogP) is 1.47. The van der Waals surface area contributed by atoms with E-state index in [2.05, 4.69) is 25.7 Å². The Labute approximate surface area is 94.0 Å². The molecular weight excluding hydrogens is 188 g/mol. The van der Waals surface area contributed by atoms with Crippen LogP contribution in [0.5, 0.6) is 0 Å². The summed E-state index contributed by atoms with van der Waals surface area (Å²) < 4.78 is 5.51. The zero-order valence-electron chi connectivity index (χ0n) is 10.5. The molecule has 2 atom stereocenters. The summed E-state index contributed by atoms with van der Waals surface area (Å²) in [6, 6.07) is 0.594. The van der Waals surface area contributed by atoms with Crippen molar-refractivity contribution in [2.24, 2.45) is 11.1 Å². The van der Waals surface area contributed by atoms with E-state index in [1.165, 1.54) is 6.42 Å². The fourth-order valence-electron chi connectivity index (χ4n) is 2.08. The van der Waals surface area contributed by atoms with Gasteiger partial charge in [-0.2, -0.15) is 0 Å². The first kappa shape index (κ1) is 12.9. The van der Waals surface area contributed by atoms with Crippen LogP contribution in [-0.4, -0.2) is 43.8 Å². The Balaban J connectivity index is 2.53. The van der Waals surface area contributed by atoms with Crippen LogP contribution in [0.4, 0.5) is 0 Å². The highest BCUT2D eigenvalue weighted by molar-refractivity contribution is 4.83. The first-order chi connectivity index (χ1) is 7.15. The van der Waals surface area contributed by atoms with Crippen molar-refractivity contribution in [1.82, 2.24) is 4.90 Å². The first-order valence-corrected chi connectivity index (χ1v) is 6.17. The highest BCUT2D eigenvalue weighted by Crippen LogP contribution is 2.23. The third-order valence-electron chi connectivity index (χ3n) is 3.75. The zero-order valence-corrected chi connectivity index (χ0v) is 10.5. The highest BCUT2D eigenvalue weighted by atomic mass is 16.5. The van der Waals surface area contributed by atoms with E-state index in [4.69, 9.17) is 10.5 Å². The smallest absolute Gasteiger partial charge is 0.0622 e. The highest BCUT2D eigenvalue weighted by Gasteiger charge is 2.29. The molecule has 0 amide bonds. The summed E-state index contributed by atoms with van der Waals surface area (Å²) in [5.41, 5.74) is 6.13. The molecule has 1 rings (SSSR count). The van der Waals surface area contributed by atoms with E-state index in [0.717, 1.165) is 39.3 Å². The Morgan fingerprint density at radius 2 is 2.20 bits per heavy atom. The van der Waals surface area contributed by atoms with E-state index < -0.39 is 0 Å². The lowest BCUT2D eigenvalue weighted by Gasteiger charge is -2.40. The van der Waals surface area contributed by atoms with Gasteiger partial charge in [-0.1, -0.05) is 20.8 Å². The Morgan fingerprint density at radius 3 is 2.73 bits per heavy atom. The van der Waals surface area contributed by atoms with Crippen molar-refractivity contribution in [3.8, 4) is 0 Å². The molecule has 1 aliphatic heterocycles. The molecule has 1 heterocycles. The summed E-state index contributed by atoms with van der Waals surface area (Å²) in [5, 5.41) is 0. The van der Waals surface area contributed by atoms with Crippen molar-refractivity contribution in [2.45, 2.75) is 39.7 Å². The second-order valence-corrected chi connectivity index (χ2v) is 4.98. The maximum absolute atomic E-state index is 5.86. The van der Waals surface area contributed by atoms with Crippen LogP contribution >= 0.6 is 0 Å². The van der Waals surface area contributed by atoms with Gasteiger partial charge in [-0.25, -0.2) is 0 Å². The van der Waals surface area contributed by atoms with Crippen molar-refractivity contribution in [2.75, 3.05) is 32.8 Å². The van der Waals surface area contributed by atoms with Crippen LogP contribution in [0.2, 0.25) is 0 Å². The maximum Gasteiger partial charge on any atom is 0.0622 e. The second kappa shape index (κ2) is 5.83. The lowest BCUT2D eigenvalue weighted by molar-refractivity contribution is -0.0254. The van der Waals surface area contributed by atoms with Crippen LogP contribution < -0.4 is 5.73 Å². The van der Waals surface area contributed by atoms with Crippen molar-refractivity contribution in [3.63, 3.8) is 0 Å². The van der Waals surface area contributed by atoms with Gasteiger partial charge in [0, 0.05) is 19.1 Å². The van der Waals surface area contributed by atoms with Crippen LogP contribution in [0.3, 0.4) is 0 Å². The molecule has 3 nitrogen and oxygen atoms in total. The maximum atomic E-state index is 5.86. The predicted molar refractivity (Wildman–Crippen MR) is 63.9 cm³/mol. The van der Waals surface area contributed by atoms with Gasteiger partial charge in [0.1, 0.15) is 0 Å². The van der Waals surface area contributed by atoms with Gasteiger partial charge in [0.15, 0.2) is 0 Å². The van der Waals surface area contributed by atoms with Crippen LogP contribution in [0.15, 0.2) is 0 Å². The van der Waals surface area contributed by atoms with Gasteiger partial charge in [0.05, 0.1) is 13.2 Å². The van der Waals surface area contributed by atoms with Gasteiger partial charge in [-0.05, 0) is 24.8 Å². The molecule has 2 unspecified atom stereocenters. The third kappa shape index (κ3) is 3.44. The van der Waals surface area contributed by atoms with Crippen molar-refractivity contribution in [1.29, 1.82) is 0 Å². The van der Waals surface area contributed by atoms with Gasteiger partial charge in [-0.15, -0.1) is 0 Å². The number of ether oxygens (including phenoxy) is 1. The molecule has 1 fully saturated rings. The molecule has 0 aromatic carbocycles. The summed E-state index contributed by atoms with van der Waals surface area (Å²) in [6.45, 7) is 11.5. The summed E-state index contributed by atoms with van der Waals surface area (Å²) in [6.07, 6.45) is 2.32. The summed E-state index contributed by atoms with van der Waals surface area (Å²) in [7, 11) is 0. The Morgan fingerprint density at radius 1 is 1.47 bits per heavy atom. The van der Waals surface area contributed by atoms with Crippen molar-refractivity contribution in [3.05, 3.63) is 0 Å². The fraction of sp³-hybridized carbons (Fsp3) is 1.00. The van der Waals surface area contributed by atoms with E-state index in [0.29, 0.717) is 6.04 Å². The molecule has 0 saturated carbocycles. The lowest BCUT2D eigenvalue weighted by atomic mass is 9.86. The third-order valence-corrected chi connectivity index (χ3v) is 3.75. The van der Waals surface area contributed by atoms with Gasteiger partial charge in [0.2, 0.25) is 0 Å². The van der Waals surface area contributed by atoms with E-state index in [-0.39, 0.29) is 5.41 Å². The minimum atomic E-state index is 0.269. The molecule has 0 bridgehead atoms. The van der Waals surface area contributed by atoms with Gasteiger partial charge >= 0.3 is 0 Å². The zero-order chi connectivity index (χ0) is 11.3. The minimum Gasteiger partial charge on any atom is -0.378 e. The number of morpholine rings is 1. The molecule has 0 radical (unpaired) electrons. The van der Waals surface area contributed by atoms with Gasteiger partial charge < -0.3 is 10.5 Å². The Kier molecular flexibility index (Phi) is 5.03. The first-order valence-electron chi connectivity index (χ1n) is 6.17. The lowest BCUT2D eigenvalue weighted by Crippen LogP contribution is -2.50. The van der Waals surface area contributed by atoms with E-state index in [9.17, 15) is 0 Å². The van der Waals surface area contributed by atoms with E-state index >= 15 is 0 Å². The molecular formula is C12H26N2O. The fourth-order valence-corrected chi connectivity index (χ4v) is 2.08. The van der Waals surface area contributed by atoms with Crippen LogP contribution in [0, 0.1) is 5.41 Å². The molecule has 1 saturated heterocycles. The Hall–Kier alpha value is -0.120. The monoisotopic (exact) mass is 214 g/mol. The Bertz CT molecular complexity index is 180. The number of rotatable bonds is 5. The number of hydrogen-bond acceptors (Lipinski definition) is 3. The van der Waals surface area contributed by atoms with Gasteiger partial charge in [0.25, 0.3) is 0 Å². The summed E-state index contributed by atoms with van der Waals surface area (Å²) >= 11 is 0. The summed E-state index contributed by atoms with van der Waals surface area (Å²) in [4.78, 5) is 2.56. The average Bonchev–Trinajstić information content (AvgIpc) is 2.29. The average molecular weight is 214 g/mol. The molecule has 90 valence electrons. The second-order valence-electron chi connectivity index (χ2n) is 4.98. The SMILES string of the molecule is CCC1COCCN1CC(C)(CC)CN. The molecule has 15 heavy (non-hydrogen) atoms. The molecule has 0 aromatic rings. The standard InChI is InChI=1S/C12H26N2O/c1-4-11-8-15-7-6-14(11)10-12(3,5-2)9-13/h11H,4-10,13H2,1-3H3. The summed E-state index contributed by atoms with van der Waals surface area (Å²) in [5.74, 6) is 0. The van der Waals surface area contributed by atoms with E-state index in [1.807, 2.05) is 0 Å². The number of nitrogens with zero attached hydrogens (tertiary/aromatic N) is 1. The molecule has 1 aliphatic rings. The largest absolute Gasteiger partial charge is 0.378 e. The molecule has 0 aromatic heterocycles. The van der Waals surface area contributed by atoms with Crippen molar-refractivity contribution >= 4 is 0 Å². The van der Waals surface area contributed by atoms with Gasteiger partial charge in [-0.3, -0.25) is 4.90 Å². The molecule has 3 heteroatoms. The number of hydrogen-bond donors (Lipinski definition) is 1. The topological polar surface area (TPSA) is 38.5 Å². The van der Waals surface area contributed by atoms with Crippen LogP contribution in [0.25, 0.3) is 0 Å². The van der Waals surface area contributed by atoms with E-state index in [1.54, 1.807) is 0 Å². The molecule has 2 N–H and O–H groups in total. The minimum absolute atomic E-state index is 0.269. The quantitative estimate of drug-likeness (QED) is 0.753. The molecule has 0 spiro atoms. The van der Waals surface area contributed by atoms with Crippen LogP contribution in [-0.2, 0) is 4.74 Å². The van der Waals surface area contributed by atoms with Crippen molar-refractivity contribution < 1.29 is 4.74 Å². The van der Waals surface area contributed by atoms with Crippen LogP contribution in [0.1, 0.15) is 33.6 Å². The molecule has 0 aliphatic carbocycles.